The van der Waals surface area contributed by atoms with Gasteiger partial charge < -0.3 is 15.6 Å². The minimum absolute atomic E-state index is 0.0774. The monoisotopic (exact) mass is 288 g/mol. The largest absolute Gasteiger partial charge is 0.353 e. The molecular formula is C16H24N4O. The molecule has 0 unspecified atom stereocenters. The van der Waals surface area contributed by atoms with Crippen molar-refractivity contribution in [2.45, 2.75) is 39.8 Å². The number of imidazole rings is 1. The molecule has 0 fully saturated rings. The lowest BCUT2D eigenvalue weighted by atomic mass is 9.99. The first-order valence-corrected chi connectivity index (χ1v) is 7.49. The number of aryl methyl sites for hydroxylation is 1. The molecule has 0 aliphatic rings. The molecule has 0 bridgehead atoms. The molecule has 1 aromatic heterocycles. The van der Waals surface area contributed by atoms with E-state index in [1.54, 1.807) is 0 Å². The Bertz CT molecular complexity index is 620. The fourth-order valence-electron chi connectivity index (χ4n) is 2.40. The van der Waals surface area contributed by atoms with E-state index in [1.807, 2.05) is 45.0 Å². The van der Waals surface area contributed by atoms with Crippen molar-refractivity contribution in [3.8, 4) is 0 Å². The van der Waals surface area contributed by atoms with Crippen LogP contribution >= 0.6 is 0 Å². The van der Waals surface area contributed by atoms with Gasteiger partial charge in [-0.2, -0.15) is 0 Å². The number of carbonyl (C=O) groups is 1. The maximum atomic E-state index is 12.0. The zero-order chi connectivity index (χ0) is 15.4. The summed E-state index contributed by atoms with van der Waals surface area (Å²) < 4.78 is 2.12. The summed E-state index contributed by atoms with van der Waals surface area (Å²) in [6.45, 7) is 7.28. The van der Waals surface area contributed by atoms with E-state index in [2.05, 4.69) is 14.9 Å². The van der Waals surface area contributed by atoms with Crippen LogP contribution in [-0.4, -0.2) is 28.0 Å². The molecule has 0 saturated carbocycles. The number of carbonyl (C=O) groups excluding carboxylic acids is 1. The molecule has 2 aromatic rings. The molecule has 5 heteroatoms. The Labute approximate surface area is 125 Å². The molecule has 5 nitrogen and oxygen atoms in total. The zero-order valence-electron chi connectivity index (χ0n) is 13.0. The van der Waals surface area contributed by atoms with E-state index in [9.17, 15) is 4.79 Å². The van der Waals surface area contributed by atoms with E-state index in [0.29, 0.717) is 13.1 Å². The lowest BCUT2D eigenvalue weighted by molar-refractivity contribution is -0.123. The minimum atomic E-state index is -0.435. The van der Waals surface area contributed by atoms with Gasteiger partial charge in [-0.25, -0.2) is 4.98 Å². The minimum Gasteiger partial charge on any atom is -0.353 e. The predicted molar refractivity (Wildman–Crippen MR) is 84.9 cm³/mol. The van der Waals surface area contributed by atoms with Crippen molar-refractivity contribution in [3.05, 3.63) is 30.1 Å². The molecule has 114 valence electrons. The predicted octanol–water partition coefficient (Wildman–Crippen LogP) is 1.83. The summed E-state index contributed by atoms with van der Waals surface area (Å²) in [4.78, 5) is 16.5. The zero-order valence-corrected chi connectivity index (χ0v) is 13.0. The van der Waals surface area contributed by atoms with Gasteiger partial charge in [0.05, 0.1) is 17.1 Å². The van der Waals surface area contributed by atoms with Crippen LogP contribution in [0.4, 0.5) is 0 Å². The summed E-state index contributed by atoms with van der Waals surface area (Å²) in [7, 11) is 0. The number of benzene rings is 1. The number of para-hydroxylation sites is 2. The van der Waals surface area contributed by atoms with Crippen molar-refractivity contribution in [3.63, 3.8) is 0 Å². The van der Waals surface area contributed by atoms with Crippen LogP contribution in [0.1, 0.15) is 26.1 Å². The lowest BCUT2D eigenvalue weighted by Gasteiger charge is -2.18. The summed E-state index contributed by atoms with van der Waals surface area (Å²) in [5, 5.41) is 2.92. The average molecular weight is 288 g/mol. The summed E-state index contributed by atoms with van der Waals surface area (Å²) >= 11 is 0. The molecule has 0 radical (unpaired) electrons. The van der Waals surface area contributed by atoms with Gasteiger partial charge in [0.15, 0.2) is 0 Å². The van der Waals surface area contributed by atoms with Crippen LogP contribution < -0.4 is 11.1 Å². The molecule has 1 amide bonds. The second kappa shape index (κ2) is 6.72. The van der Waals surface area contributed by atoms with Gasteiger partial charge in [0.2, 0.25) is 5.91 Å². The third kappa shape index (κ3) is 3.42. The number of hydrogen-bond donors (Lipinski definition) is 2. The maximum absolute atomic E-state index is 12.0. The Hall–Kier alpha value is -1.88. The van der Waals surface area contributed by atoms with Gasteiger partial charge in [-0.3, -0.25) is 4.79 Å². The highest BCUT2D eigenvalue weighted by Gasteiger charge is 2.18. The Morgan fingerprint density at radius 2 is 2.14 bits per heavy atom. The molecule has 2 rings (SSSR count). The van der Waals surface area contributed by atoms with E-state index in [0.717, 1.165) is 23.3 Å². The Balaban J connectivity index is 1.97. The molecule has 0 saturated heterocycles. The van der Waals surface area contributed by atoms with Crippen molar-refractivity contribution < 1.29 is 4.79 Å². The van der Waals surface area contributed by atoms with Gasteiger partial charge in [0.1, 0.15) is 5.82 Å². The second-order valence-electron chi connectivity index (χ2n) is 5.50. The number of fused-ring (bicyclic) bond motifs is 1. The van der Waals surface area contributed by atoms with Crippen LogP contribution in [0.5, 0.6) is 0 Å². The molecule has 2 atom stereocenters. The molecule has 0 spiro atoms. The number of hydrogen-bond acceptors (Lipinski definition) is 3. The third-order valence-corrected chi connectivity index (χ3v) is 4.04. The van der Waals surface area contributed by atoms with Crippen LogP contribution in [0.25, 0.3) is 11.0 Å². The molecule has 1 aromatic carbocycles. The quantitative estimate of drug-likeness (QED) is 0.852. The van der Waals surface area contributed by atoms with E-state index in [-0.39, 0.29) is 11.8 Å². The SMILES string of the molecule is CC[C@H](C)[C@H](N)C(=O)NCCn1c(C)nc2ccccc21. The topological polar surface area (TPSA) is 72.9 Å². The number of nitrogens with one attached hydrogen (secondary N) is 1. The molecule has 1 heterocycles. The first kappa shape index (κ1) is 15.5. The number of nitrogens with zero attached hydrogens (tertiary/aromatic N) is 2. The van der Waals surface area contributed by atoms with Crippen LogP contribution in [0, 0.1) is 12.8 Å². The van der Waals surface area contributed by atoms with Gasteiger partial charge in [-0.05, 0) is 25.0 Å². The van der Waals surface area contributed by atoms with Crippen molar-refractivity contribution in [2.24, 2.45) is 11.7 Å². The molecule has 0 aliphatic carbocycles. The molecule has 0 aliphatic heterocycles. The second-order valence-corrected chi connectivity index (χ2v) is 5.50. The lowest BCUT2D eigenvalue weighted by Crippen LogP contribution is -2.45. The number of amides is 1. The van der Waals surface area contributed by atoms with Gasteiger partial charge in [-0.1, -0.05) is 32.4 Å². The standard InChI is InChI=1S/C16H24N4O/c1-4-11(2)15(17)16(21)18-9-10-20-12(3)19-13-7-5-6-8-14(13)20/h5-8,11,15H,4,9-10,17H2,1-3H3,(H,18,21)/t11-,15-/m0/s1. The van der Waals surface area contributed by atoms with E-state index < -0.39 is 6.04 Å². The normalized spacial score (nSPS) is 14.1. The van der Waals surface area contributed by atoms with Crippen molar-refractivity contribution in [1.82, 2.24) is 14.9 Å². The number of nitrogens with two attached hydrogens (primary N) is 1. The first-order valence-electron chi connectivity index (χ1n) is 7.49. The molecule has 21 heavy (non-hydrogen) atoms. The fourth-order valence-corrected chi connectivity index (χ4v) is 2.40. The van der Waals surface area contributed by atoms with Crippen LogP contribution in [0.3, 0.4) is 0 Å². The van der Waals surface area contributed by atoms with Crippen LogP contribution in [-0.2, 0) is 11.3 Å². The average Bonchev–Trinajstić information content (AvgIpc) is 2.81. The van der Waals surface area contributed by atoms with Gasteiger partial charge in [0, 0.05) is 13.1 Å². The summed E-state index contributed by atoms with van der Waals surface area (Å²) in [6.07, 6.45) is 0.903. The van der Waals surface area contributed by atoms with Gasteiger partial charge >= 0.3 is 0 Å². The highest BCUT2D eigenvalue weighted by Crippen LogP contribution is 2.14. The summed E-state index contributed by atoms with van der Waals surface area (Å²) in [5.41, 5.74) is 8.00. The fraction of sp³-hybridized carbons (Fsp3) is 0.500. The number of aromatic nitrogens is 2. The Morgan fingerprint density at radius 1 is 1.43 bits per heavy atom. The van der Waals surface area contributed by atoms with Crippen LogP contribution in [0.15, 0.2) is 24.3 Å². The molecular weight excluding hydrogens is 264 g/mol. The summed E-state index contributed by atoms with van der Waals surface area (Å²) in [6, 6.07) is 7.58. The highest BCUT2D eigenvalue weighted by atomic mass is 16.2. The van der Waals surface area contributed by atoms with Crippen LogP contribution in [0.2, 0.25) is 0 Å². The van der Waals surface area contributed by atoms with E-state index in [4.69, 9.17) is 5.73 Å². The maximum Gasteiger partial charge on any atom is 0.237 e. The van der Waals surface area contributed by atoms with E-state index >= 15 is 0 Å². The summed E-state index contributed by atoms with van der Waals surface area (Å²) in [5.74, 6) is 1.07. The van der Waals surface area contributed by atoms with Crippen molar-refractivity contribution in [2.75, 3.05) is 6.54 Å². The number of rotatable bonds is 6. The Kier molecular flexibility index (Phi) is 4.96. The first-order chi connectivity index (χ1) is 10.0. The smallest absolute Gasteiger partial charge is 0.237 e. The third-order valence-electron chi connectivity index (χ3n) is 4.04. The molecule has 3 N–H and O–H groups in total. The van der Waals surface area contributed by atoms with Gasteiger partial charge in [-0.15, -0.1) is 0 Å². The van der Waals surface area contributed by atoms with E-state index in [1.165, 1.54) is 0 Å². The Morgan fingerprint density at radius 3 is 2.86 bits per heavy atom. The highest BCUT2D eigenvalue weighted by molar-refractivity contribution is 5.81. The van der Waals surface area contributed by atoms with Gasteiger partial charge in [0.25, 0.3) is 0 Å². The van der Waals surface area contributed by atoms with Crippen molar-refractivity contribution in [1.29, 1.82) is 0 Å². The van der Waals surface area contributed by atoms with Crippen molar-refractivity contribution >= 4 is 16.9 Å².